The topological polar surface area (TPSA) is 80.7 Å². The molecule has 0 amide bonds. The van der Waals surface area contributed by atoms with Crippen molar-refractivity contribution < 1.29 is 14.3 Å². The third kappa shape index (κ3) is 3.17. The van der Waals surface area contributed by atoms with E-state index < -0.39 is 5.82 Å². The van der Waals surface area contributed by atoms with Crippen molar-refractivity contribution in [3.05, 3.63) is 51.3 Å². The highest BCUT2D eigenvalue weighted by atomic mass is 79.9. The lowest BCUT2D eigenvalue weighted by molar-refractivity contribution is 0.318. The molecule has 1 heterocycles. The van der Waals surface area contributed by atoms with Crippen molar-refractivity contribution in [2.45, 2.75) is 0 Å². The number of amidine groups is 1. The maximum Gasteiger partial charge on any atom is 0.219 e. The highest BCUT2D eigenvalue weighted by Gasteiger charge is 2.10. The summed E-state index contributed by atoms with van der Waals surface area (Å²) in [4.78, 5) is 4.02. The van der Waals surface area contributed by atoms with E-state index in [0.717, 1.165) is 6.07 Å². The number of aromatic nitrogens is 1. The van der Waals surface area contributed by atoms with Gasteiger partial charge in [0.2, 0.25) is 5.88 Å². The zero-order valence-corrected chi connectivity index (χ0v) is 12.2. The molecule has 0 unspecified atom stereocenters. The predicted octanol–water partition coefficient (Wildman–Crippen LogP) is 3.52. The van der Waals surface area contributed by atoms with E-state index in [1.165, 1.54) is 6.07 Å². The Hall–Kier alpha value is -1.86. The van der Waals surface area contributed by atoms with Crippen molar-refractivity contribution in [3.63, 3.8) is 0 Å². The van der Waals surface area contributed by atoms with Crippen molar-refractivity contribution in [1.29, 1.82) is 0 Å². The number of benzene rings is 1. The van der Waals surface area contributed by atoms with Gasteiger partial charge in [0.25, 0.3) is 0 Å². The van der Waals surface area contributed by atoms with Gasteiger partial charge in [-0.25, -0.2) is 9.37 Å². The second-order valence-corrected chi connectivity index (χ2v) is 4.91. The molecule has 104 valence electrons. The van der Waals surface area contributed by atoms with Gasteiger partial charge in [-0.15, -0.1) is 0 Å². The summed E-state index contributed by atoms with van der Waals surface area (Å²) >= 11 is 8.85. The monoisotopic (exact) mass is 359 g/mol. The van der Waals surface area contributed by atoms with Crippen LogP contribution in [0.2, 0.25) is 5.02 Å². The van der Waals surface area contributed by atoms with Crippen LogP contribution in [0.5, 0.6) is 11.6 Å². The molecule has 0 aliphatic rings. The highest BCUT2D eigenvalue weighted by Crippen LogP contribution is 2.33. The summed E-state index contributed by atoms with van der Waals surface area (Å²) in [6, 6.07) is 7.20. The molecule has 0 aliphatic carbocycles. The molecule has 2 rings (SSSR count). The summed E-state index contributed by atoms with van der Waals surface area (Å²) in [7, 11) is 0. The van der Waals surface area contributed by atoms with E-state index in [1.54, 1.807) is 18.2 Å². The van der Waals surface area contributed by atoms with Gasteiger partial charge in [-0.05, 0) is 28.1 Å². The van der Waals surface area contributed by atoms with Crippen molar-refractivity contribution in [1.82, 2.24) is 4.98 Å². The number of hydrogen-bond donors (Lipinski definition) is 2. The smallest absolute Gasteiger partial charge is 0.219 e. The lowest BCUT2D eigenvalue weighted by Gasteiger charge is -2.08. The number of halogens is 3. The first-order chi connectivity index (χ1) is 9.51. The summed E-state index contributed by atoms with van der Waals surface area (Å²) < 4.78 is 19.3. The van der Waals surface area contributed by atoms with Gasteiger partial charge < -0.3 is 15.7 Å². The maximum atomic E-state index is 13.4. The van der Waals surface area contributed by atoms with E-state index in [1.807, 2.05) is 0 Å². The van der Waals surface area contributed by atoms with E-state index in [0.29, 0.717) is 4.47 Å². The summed E-state index contributed by atoms with van der Waals surface area (Å²) in [5, 5.41) is 11.4. The minimum Gasteiger partial charge on any atom is -0.438 e. The minimum absolute atomic E-state index is 0.0254. The van der Waals surface area contributed by atoms with E-state index in [-0.39, 0.29) is 28.2 Å². The SMILES string of the molecule is N/C(=N/O)c1cccc(Oc2cc(F)c(Cl)cc2Br)n1. The molecule has 20 heavy (non-hydrogen) atoms. The average molecular weight is 361 g/mol. The number of ether oxygens (including phenoxy) is 1. The lowest BCUT2D eigenvalue weighted by atomic mass is 10.3. The molecule has 0 saturated heterocycles. The quantitative estimate of drug-likeness (QED) is 0.288. The van der Waals surface area contributed by atoms with E-state index in [9.17, 15) is 4.39 Å². The molecular weight excluding hydrogens is 353 g/mol. The second kappa shape index (κ2) is 6.06. The Labute approximate surface area is 127 Å². The van der Waals surface area contributed by atoms with E-state index in [4.69, 9.17) is 27.3 Å². The molecule has 0 bridgehead atoms. The standard InChI is InChI=1S/C12H8BrClFN3O2/c13-6-4-7(14)8(15)5-10(6)20-11-3-1-2-9(17-11)12(16)18-19/h1-5,19H,(H2,16,18). The number of nitrogens with zero attached hydrogens (tertiary/aromatic N) is 2. The molecule has 0 spiro atoms. The Kier molecular flexibility index (Phi) is 4.41. The van der Waals surface area contributed by atoms with Crippen LogP contribution in [0.15, 0.2) is 40.0 Å². The Bertz CT molecular complexity index is 682. The molecule has 0 radical (unpaired) electrons. The van der Waals surface area contributed by atoms with Gasteiger partial charge in [0.05, 0.1) is 9.50 Å². The van der Waals surface area contributed by atoms with E-state index in [2.05, 4.69) is 26.1 Å². The van der Waals surface area contributed by atoms with Crippen LogP contribution in [-0.2, 0) is 0 Å². The molecule has 1 aromatic heterocycles. The van der Waals surface area contributed by atoms with Crippen LogP contribution >= 0.6 is 27.5 Å². The molecule has 1 aromatic carbocycles. The van der Waals surface area contributed by atoms with Gasteiger partial charge in [-0.1, -0.05) is 22.8 Å². The van der Waals surface area contributed by atoms with E-state index >= 15 is 0 Å². The molecule has 5 nitrogen and oxygen atoms in total. The van der Waals surface area contributed by atoms with Crippen molar-refractivity contribution in [2.24, 2.45) is 10.9 Å². The van der Waals surface area contributed by atoms with Gasteiger partial charge in [0, 0.05) is 12.1 Å². The molecule has 8 heteroatoms. The average Bonchev–Trinajstić information content (AvgIpc) is 2.44. The lowest BCUT2D eigenvalue weighted by Crippen LogP contribution is -2.14. The summed E-state index contributed by atoms with van der Waals surface area (Å²) in [6.45, 7) is 0. The second-order valence-electron chi connectivity index (χ2n) is 3.65. The molecular formula is C12H8BrClFN3O2. The van der Waals surface area contributed by atoms with Gasteiger partial charge in [-0.2, -0.15) is 0 Å². The van der Waals surface area contributed by atoms with Gasteiger partial charge in [-0.3, -0.25) is 0 Å². The highest BCUT2D eigenvalue weighted by molar-refractivity contribution is 9.10. The number of nitrogens with two attached hydrogens (primary N) is 1. The van der Waals surface area contributed by atoms with Crippen LogP contribution in [0.1, 0.15) is 5.69 Å². The fourth-order valence-electron chi connectivity index (χ4n) is 1.36. The number of pyridine rings is 1. The Balaban J connectivity index is 2.33. The largest absolute Gasteiger partial charge is 0.438 e. The van der Waals surface area contributed by atoms with Gasteiger partial charge >= 0.3 is 0 Å². The molecule has 0 aliphatic heterocycles. The van der Waals surface area contributed by atoms with Crippen molar-refractivity contribution >= 4 is 33.4 Å². The molecule has 0 fully saturated rings. The Morgan fingerprint density at radius 2 is 2.20 bits per heavy atom. The fraction of sp³-hybridized carbons (Fsp3) is 0. The van der Waals surface area contributed by atoms with Crippen LogP contribution in [0, 0.1) is 5.82 Å². The number of oxime groups is 1. The molecule has 0 saturated carbocycles. The Morgan fingerprint density at radius 3 is 2.90 bits per heavy atom. The van der Waals surface area contributed by atoms with Crippen LogP contribution < -0.4 is 10.5 Å². The first-order valence-corrected chi connectivity index (χ1v) is 6.45. The van der Waals surface area contributed by atoms with Gasteiger partial charge in [0.1, 0.15) is 17.3 Å². The normalized spacial score (nSPS) is 11.4. The van der Waals surface area contributed by atoms with Crippen molar-refractivity contribution in [2.75, 3.05) is 0 Å². The van der Waals surface area contributed by atoms with Crippen LogP contribution in [0.3, 0.4) is 0 Å². The summed E-state index contributed by atoms with van der Waals surface area (Å²) in [5.74, 6) is -0.401. The molecule has 2 aromatic rings. The number of hydrogen-bond acceptors (Lipinski definition) is 4. The third-order valence-corrected chi connectivity index (χ3v) is 3.19. The van der Waals surface area contributed by atoms with Crippen LogP contribution in [-0.4, -0.2) is 16.0 Å². The minimum atomic E-state index is -0.613. The van der Waals surface area contributed by atoms with Crippen LogP contribution in [0.25, 0.3) is 0 Å². The predicted molar refractivity (Wildman–Crippen MR) is 75.9 cm³/mol. The summed E-state index contributed by atoms with van der Waals surface area (Å²) in [6.07, 6.45) is 0. The zero-order chi connectivity index (χ0) is 14.7. The van der Waals surface area contributed by atoms with Crippen molar-refractivity contribution in [3.8, 4) is 11.6 Å². The fourth-order valence-corrected chi connectivity index (χ4v) is 2.08. The maximum absolute atomic E-state index is 13.4. The Morgan fingerprint density at radius 1 is 1.45 bits per heavy atom. The number of rotatable bonds is 3. The first-order valence-electron chi connectivity index (χ1n) is 5.28. The van der Waals surface area contributed by atoms with Crippen LogP contribution in [0.4, 0.5) is 4.39 Å². The molecule has 3 N–H and O–H groups in total. The first kappa shape index (κ1) is 14.5. The van der Waals surface area contributed by atoms with Gasteiger partial charge in [0.15, 0.2) is 5.84 Å². The third-order valence-electron chi connectivity index (χ3n) is 2.28. The zero-order valence-electron chi connectivity index (χ0n) is 9.85. The molecule has 0 atom stereocenters. The summed E-state index contributed by atoms with van der Waals surface area (Å²) in [5.41, 5.74) is 5.66.